The Balaban J connectivity index is 1.87. The monoisotopic (exact) mass is 383 g/mol. The van der Waals surface area contributed by atoms with E-state index in [-0.39, 0.29) is 11.6 Å². The van der Waals surface area contributed by atoms with Gasteiger partial charge in [0.1, 0.15) is 10.7 Å². The number of rotatable bonds is 5. The second-order valence-electron chi connectivity index (χ2n) is 7.18. The Bertz CT molecular complexity index is 972. The molecule has 1 fully saturated rings. The van der Waals surface area contributed by atoms with Gasteiger partial charge in [0.2, 0.25) is 0 Å². The molecular formula is C21H25N3O2S. The summed E-state index contributed by atoms with van der Waals surface area (Å²) in [6.07, 6.45) is 2.62. The second kappa shape index (κ2) is 7.92. The van der Waals surface area contributed by atoms with Crippen molar-refractivity contribution in [3.05, 3.63) is 51.9 Å². The lowest BCUT2D eigenvalue weighted by atomic mass is 10.0. The zero-order chi connectivity index (χ0) is 18.8. The highest BCUT2D eigenvalue weighted by atomic mass is 32.1. The minimum atomic E-state index is 0.0979. The van der Waals surface area contributed by atoms with Crippen LogP contribution in [-0.2, 0) is 11.2 Å². The van der Waals surface area contributed by atoms with Crippen LogP contribution in [0.15, 0.2) is 40.5 Å². The molecule has 0 aliphatic carbocycles. The van der Waals surface area contributed by atoms with Gasteiger partial charge in [-0.3, -0.25) is 9.36 Å². The zero-order valence-corrected chi connectivity index (χ0v) is 16.7. The maximum absolute atomic E-state index is 13.6. The standard InChI is InChI=1S/C21H25N3O2S/c1-23-11-8-16(9-12-23)24-18(10-13-26-2)22-20-19(21(24)25)17(14-27-20)15-6-4-3-5-7-15/h3-7,14,16H,8-13H2,1-2H3. The summed E-state index contributed by atoms with van der Waals surface area (Å²) in [5.74, 6) is 0.852. The number of aromatic nitrogens is 2. The molecule has 0 amide bonds. The smallest absolute Gasteiger partial charge is 0.263 e. The van der Waals surface area contributed by atoms with Crippen molar-refractivity contribution in [2.24, 2.45) is 0 Å². The second-order valence-corrected chi connectivity index (χ2v) is 8.03. The van der Waals surface area contributed by atoms with Gasteiger partial charge in [0, 0.05) is 30.5 Å². The van der Waals surface area contributed by atoms with Crippen LogP contribution in [0.25, 0.3) is 21.3 Å². The molecule has 0 atom stereocenters. The Morgan fingerprint density at radius 1 is 1.22 bits per heavy atom. The average Bonchev–Trinajstić information content (AvgIpc) is 3.12. The van der Waals surface area contributed by atoms with E-state index in [1.54, 1.807) is 18.4 Å². The first-order valence-corrected chi connectivity index (χ1v) is 10.3. The lowest BCUT2D eigenvalue weighted by molar-refractivity contribution is 0.191. The maximum Gasteiger partial charge on any atom is 0.263 e. The Labute approximate surface area is 163 Å². The van der Waals surface area contributed by atoms with Crippen LogP contribution in [0.3, 0.4) is 0 Å². The van der Waals surface area contributed by atoms with Gasteiger partial charge in [0.25, 0.3) is 5.56 Å². The van der Waals surface area contributed by atoms with E-state index in [2.05, 4.69) is 29.5 Å². The molecule has 0 spiro atoms. The average molecular weight is 384 g/mol. The van der Waals surface area contributed by atoms with Crippen LogP contribution in [0, 0.1) is 0 Å². The summed E-state index contributed by atoms with van der Waals surface area (Å²) in [7, 11) is 3.83. The lowest BCUT2D eigenvalue weighted by Gasteiger charge is -2.31. The van der Waals surface area contributed by atoms with Crippen LogP contribution in [0.5, 0.6) is 0 Å². The summed E-state index contributed by atoms with van der Waals surface area (Å²) in [5.41, 5.74) is 2.16. The number of methoxy groups -OCH3 is 1. The molecule has 0 N–H and O–H groups in total. The molecule has 27 heavy (non-hydrogen) atoms. The highest BCUT2D eigenvalue weighted by Crippen LogP contribution is 2.32. The molecule has 1 aliphatic rings. The third kappa shape index (κ3) is 3.57. The van der Waals surface area contributed by atoms with Gasteiger partial charge in [-0.1, -0.05) is 30.3 Å². The van der Waals surface area contributed by atoms with E-state index in [1.165, 1.54) is 0 Å². The van der Waals surface area contributed by atoms with Gasteiger partial charge in [0.15, 0.2) is 0 Å². The predicted molar refractivity (Wildman–Crippen MR) is 111 cm³/mol. The maximum atomic E-state index is 13.6. The van der Waals surface area contributed by atoms with Gasteiger partial charge in [-0.15, -0.1) is 11.3 Å². The van der Waals surface area contributed by atoms with Crippen molar-refractivity contribution < 1.29 is 4.74 Å². The van der Waals surface area contributed by atoms with E-state index < -0.39 is 0 Å². The topological polar surface area (TPSA) is 47.4 Å². The van der Waals surface area contributed by atoms with Crippen molar-refractivity contribution >= 4 is 21.6 Å². The molecule has 5 nitrogen and oxygen atoms in total. The number of likely N-dealkylation sites (tertiary alicyclic amines) is 1. The third-order valence-electron chi connectivity index (χ3n) is 5.38. The molecule has 3 heterocycles. The van der Waals surface area contributed by atoms with E-state index in [0.29, 0.717) is 13.0 Å². The van der Waals surface area contributed by atoms with Gasteiger partial charge in [-0.05, 0) is 38.5 Å². The molecule has 2 aromatic heterocycles. The fourth-order valence-corrected chi connectivity index (χ4v) is 4.83. The Morgan fingerprint density at radius 2 is 1.96 bits per heavy atom. The van der Waals surface area contributed by atoms with Crippen molar-refractivity contribution in [2.75, 3.05) is 33.9 Å². The van der Waals surface area contributed by atoms with Crippen molar-refractivity contribution in [3.63, 3.8) is 0 Å². The quantitative estimate of drug-likeness (QED) is 0.676. The number of thiophene rings is 1. The van der Waals surface area contributed by atoms with Crippen molar-refractivity contribution in [2.45, 2.75) is 25.3 Å². The van der Waals surface area contributed by atoms with E-state index in [4.69, 9.17) is 9.72 Å². The van der Waals surface area contributed by atoms with Crippen LogP contribution in [0.2, 0.25) is 0 Å². The molecule has 0 saturated carbocycles. The van der Waals surface area contributed by atoms with Crippen molar-refractivity contribution in [1.29, 1.82) is 0 Å². The number of fused-ring (bicyclic) bond motifs is 1. The Hall–Kier alpha value is -2.02. The first-order valence-electron chi connectivity index (χ1n) is 9.44. The molecular weight excluding hydrogens is 358 g/mol. The highest BCUT2D eigenvalue weighted by molar-refractivity contribution is 7.17. The summed E-state index contributed by atoms with van der Waals surface area (Å²) in [6, 6.07) is 10.3. The lowest BCUT2D eigenvalue weighted by Crippen LogP contribution is -2.37. The van der Waals surface area contributed by atoms with Gasteiger partial charge >= 0.3 is 0 Å². The molecule has 0 radical (unpaired) electrons. The molecule has 3 aromatic rings. The molecule has 142 valence electrons. The van der Waals surface area contributed by atoms with Gasteiger partial charge in [-0.25, -0.2) is 4.98 Å². The summed E-state index contributed by atoms with van der Waals surface area (Å²) in [5, 5.41) is 2.82. The van der Waals surface area contributed by atoms with Crippen LogP contribution in [0.4, 0.5) is 0 Å². The number of hydrogen-bond donors (Lipinski definition) is 0. The molecule has 6 heteroatoms. The van der Waals surface area contributed by atoms with Gasteiger partial charge in [-0.2, -0.15) is 0 Å². The summed E-state index contributed by atoms with van der Waals surface area (Å²) in [6.45, 7) is 2.59. The van der Waals surface area contributed by atoms with Crippen molar-refractivity contribution in [1.82, 2.24) is 14.5 Å². The fraction of sp³-hybridized carbons (Fsp3) is 0.429. The number of hydrogen-bond acceptors (Lipinski definition) is 5. The largest absolute Gasteiger partial charge is 0.384 e. The van der Waals surface area contributed by atoms with Crippen molar-refractivity contribution in [3.8, 4) is 11.1 Å². The normalized spacial score (nSPS) is 16.2. The van der Waals surface area contributed by atoms with E-state index in [0.717, 1.165) is 53.1 Å². The van der Waals surface area contributed by atoms with E-state index in [9.17, 15) is 4.79 Å². The third-order valence-corrected chi connectivity index (χ3v) is 6.25. The summed E-state index contributed by atoms with van der Waals surface area (Å²) < 4.78 is 7.24. The molecule has 0 unspecified atom stereocenters. The number of nitrogens with zero attached hydrogens (tertiary/aromatic N) is 3. The zero-order valence-electron chi connectivity index (χ0n) is 15.9. The molecule has 0 bridgehead atoms. The number of piperidine rings is 1. The SMILES string of the molecule is COCCc1nc2scc(-c3ccccc3)c2c(=O)n1C1CCN(C)CC1. The molecule has 1 aromatic carbocycles. The number of benzene rings is 1. The minimum Gasteiger partial charge on any atom is -0.384 e. The van der Waals surface area contributed by atoms with E-state index in [1.807, 2.05) is 22.8 Å². The summed E-state index contributed by atoms with van der Waals surface area (Å²) >= 11 is 1.55. The Kier molecular flexibility index (Phi) is 5.38. The molecule has 4 rings (SSSR count). The highest BCUT2D eigenvalue weighted by Gasteiger charge is 2.25. The first-order chi connectivity index (χ1) is 13.2. The minimum absolute atomic E-state index is 0.0979. The van der Waals surface area contributed by atoms with Crippen LogP contribution in [0.1, 0.15) is 24.7 Å². The first kappa shape index (κ1) is 18.3. The Morgan fingerprint density at radius 3 is 2.67 bits per heavy atom. The predicted octanol–water partition coefficient (Wildman–Crippen LogP) is 3.58. The molecule has 1 aliphatic heterocycles. The fourth-order valence-electron chi connectivity index (χ4n) is 3.88. The van der Waals surface area contributed by atoms with E-state index >= 15 is 0 Å². The van der Waals surface area contributed by atoms with Gasteiger partial charge in [0.05, 0.1) is 12.0 Å². The molecule has 1 saturated heterocycles. The van der Waals surface area contributed by atoms with Crippen LogP contribution >= 0.6 is 11.3 Å². The van der Waals surface area contributed by atoms with Gasteiger partial charge < -0.3 is 9.64 Å². The van der Waals surface area contributed by atoms with Crippen LogP contribution in [-0.4, -0.2) is 48.3 Å². The summed E-state index contributed by atoms with van der Waals surface area (Å²) in [4.78, 5) is 21.7. The van der Waals surface area contributed by atoms with Crippen LogP contribution < -0.4 is 5.56 Å². The number of ether oxygens (including phenoxy) is 1.